The van der Waals surface area contributed by atoms with Gasteiger partial charge in [0.15, 0.2) is 0 Å². The second-order valence-electron chi connectivity index (χ2n) is 4.08. The molecule has 0 aliphatic carbocycles. The summed E-state index contributed by atoms with van der Waals surface area (Å²) in [5.74, 6) is -0.542. The monoisotopic (exact) mass is 250 g/mol. The number of carbonyl (C=O) groups is 2. The second-order valence-corrected chi connectivity index (χ2v) is 4.08. The Hall–Kier alpha value is -2.11. The average molecular weight is 250 g/mol. The summed E-state index contributed by atoms with van der Waals surface area (Å²) in [6, 6.07) is 1.75. The lowest BCUT2D eigenvalue weighted by atomic mass is 10.2. The van der Waals surface area contributed by atoms with Crippen molar-refractivity contribution in [2.24, 2.45) is 0 Å². The first-order chi connectivity index (χ1) is 8.54. The smallest absolute Gasteiger partial charge is 0.255 e. The molecule has 1 heterocycles. The molecule has 1 aromatic rings. The third-order valence-electron chi connectivity index (χ3n) is 2.19. The Bertz CT molecular complexity index is 432. The molecule has 1 aromatic heterocycles. The van der Waals surface area contributed by atoms with Gasteiger partial charge in [-0.1, -0.05) is 0 Å². The quantitative estimate of drug-likeness (QED) is 0.705. The van der Waals surface area contributed by atoms with Crippen molar-refractivity contribution in [3.05, 3.63) is 24.0 Å². The Kier molecular flexibility index (Phi) is 5.10. The molecule has 3 N–H and O–H groups in total. The summed E-state index contributed by atoms with van der Waals surface area (Å²) < 4.78 is 0. The van der Waals surface area contributed by atoms with E-state index in [-0.39, 0.29) is 24.4 Å². The molecule has 6 heteroatoms. The van der Waals surface area contributed by atoms with E-state index in [1.165, 1.54) is 6.20 Å². The lowest BCUT2D eigenvalue weighted by Crippen LogP contribution is -2.39. The van der Waals surface area contributed by atoms with Crippen molar-refractivity contribution in [1.29, 1.82) is 0 Å². The third kappa shape index (κ3) is 4.04. The fourth-order valence-electron chi connectivity index (χ4n) is 1.42. The van der Waals surface area contributed by atoms with Gasteiger partial charge >= 0.3 is 0 Å². The number of amides is 2. The molecule has 0 aliphatic rings. The SMILES string of the molecule is CNc1ccncc1C(=O)NCC(=O)NC(C)C. The van der Waals surface area contributed by atoms with Crippen LogP contribution in [0.2, 0.25) is 0 Å². The van der Waals surface area contributed by atoms with E-state index < -0.39 is 0 Å². The van der Waals surface area contributed by atoms with Crippen LogP contribution >= 0.6 is 0 Å². The van der Waals surface area contributed by atoms with Gasteiger partial charge < -0.3 is 16.0 Å². The van der Waals surface area contributed by atoms with Gasteiger partial charge in [-0.2, -0.15) is 0 Å². The maximum absolute atomic E-state index is 11.8. The fraction of sp³-hybridized carbons (Fsp3) is 0.417. The highest BCUT2D eigenvalue weighted by Crippen LogP contribution is 2.11. The number of hydrogen-bond acceptors (Lipinski definition) is 4. The molecule has 1 rings (SSSR count). The van der Waals surface area contributed by atoms with Crippen LogP contribution in [0.1, 0.15) is 24.2 Å². The highest BCUT2D eigenvalue weighted by Gasteiger charge is 2.12. The summed E-state index contributed by atoms with van der Waals surface area (Å²) in [6.45, 7) is 3.68. The van der Waals surface area contributed by atoms with Gasteiger partial charge in [0.25, 0.3) is 5.91 Å². The molecule has 0 radical (unpaired) electrons. The molecule has 0 fully saturated rings. The van der Waals surface area contributed by atoms with Gasteiger partial charge in [-0.15, -0.1) is 0 Å². The zero-order chi connectivity index (χ0) is 13.5. The minimum Gasteiger partial charge on any atom is -0.387 e. The minimum absolute atomic E-state index is 0.0466. The first-order valence-electron chi connectivity index (χ1n) is 5.74. The molecule has 2 amide bonds. The Balaban J connectivity index is 2.58. The summed E-state index contributed by atoms with van der Waals surface area (Å²) in [5.41, 5.74) is 1.09. The summed E-state index contributed by atoms with van der Waals surface area (Å²) in [6.07, 6.45) is 3.05. The Labute approximate surface area is 106 Å². The van der Waals surface area contributed by atoms with Gasteiger partial charge in [-0.25, -0.2) is 0 Å². The molecule has 0 unspecified atom stereocenters. The molecule has 6 nitrogen and oxygen atoms in total. The molecule has 18 heavy (non-hydrogen) atoms. The molecular weight excluding hydrogens is 232 g/mol. The molecule has 0 aromatic carbocycles. The Morgan fingerprint density at radius 2 is 2.11 bits per heavy atom. The molecule has 0 atom stereocenters. The number of rotatable bonds is 5. The lowest BCUT2D eigenvalue weighted by molar-refractivity contribution is -0.120. The number of pyridine rings is 1. The second kappa shape index (κ2) is 6.58. The van der Waals surface area contributed by atoms with Crippen LogP contribution in [0.4, 0.5) is 5.69 Å². The van der Waals surface area contributed by atoms with Gasteiger partial charge in [0.05, 0.1) is 12.1 Å². The van der Waals surface area contributed by atoms with Crippen molar-refractivity contribution in [1.82, 2.24) is 15.6 Å². The average Bonchev–Trinajstić information content (AvgIpc) is 2.35. The lowest BCUT2D eigenvalue weighted by Gasteiger charge is -2.10. The highest BCUT2D eigenvalue weighted by molar-refractivity contribution is 6.00. The van der Waals surface area contributed by atoms with Crippen LogP contribution in [-0.4, -0.2) is 36.4 Å². The molecule has 0 aliphatic heterocycles. The van der Waals surface area contributed by atoms with E-state index in [0.717, 1.165) is 0 Å². The molecule has 0 saturated heterocycles. The fourth-order valence-corrected chi connectivity index (χ4v) is 1.42. The van der Waals surface area contributed by atoms with Crippen LogP contribution in [0.3, 0.4) is 0 Å². The van der Waals surface area contributed by atoms with Crippen molar-refractivity contribution in [3.63, 3.8) is 0 Å². The highest BCUT2D eigenvalue weighted by atomic mass is 16.2. The normalized spacial score (nSPS) is 10.0. The molecule has 0 spiro atoms. The zero-order valence-electron chi connectivity index (χ0n) is 10.8. The van der Waals surface area contributed by atoms with Gasteiger partial charge in [0.1, 0.15) is 0 Å². The van der Waals surface area contributed by atoms with Crippen molar-refractivity contribution in [2.75, 3.05) is 18.9 Å². The van der Waals surface area contributed by atoms with E-state index in [0.29, 0.717) is 11.3 Å². The van der Waals surface area contributed by atoms with Gasteiger partial charge in [0, 0.05) is 31.2 Å². The van der Waals surface area contributed by atoms with E-state index in [2.05, 4.69) is 20.9 Å². The van der Waals surface area contributed by atoms with Gasteiger partial charge in [0.2, 0.25) is 5.91 Å². The van der Waals surface area contributed by atoms with E-state index in [1.54, 1.807) is 19.3 Å². The maximum Gasteiger partial charge on any atom is 0.255 e. The van der Waals surface area contributed by atoms with E-state index in [4.69, 9.17) is 0 Å². The summed E-state index contributed by atoms with van der Waals surface area (Å²) in [7, 11) is 1.72. The van der Waals surface area contributed by atoms with Crippen LogP contribution in [0.5, 0.6) is 0 Å². The van der Waals surface area contributed by atoms with Crippen molar-refractivity contribution >= 4 is 17.5 Å². The third-order valence-corrected chi connectivity index (χ3v) is 2.19. The topological polar surface area (TPSA) is 83.1 Å². The number of aromatic nitrogens is 1. The standard InChI is InChI=1S/C12H18N4O2/c1-8(2)16-11(17)7-15-12(18)9-6-14-5-4-10(9)13-3/h4-6,8H,7H2,1-3H3,(H,13,14)(H,15,18)(H,16,17). The van der Waals surface area contributed by atoms with Crippen molar-refractivity contribution < 1.29 is 9.59 Å². The van der Waals surface area contributed by atoms with Crippen LogP contribution in [-0.2, 0) is 4.79 Å². The largest absolute Gasteiger partial charge is 0.387 e. The van der Waals surface area contributed by atoms with Crippen LogP contribution < -0.4 is 16.0 Å². The predicted octanol–water partition coefficient (Wildman–Crippen LogP) is 0.378. The van der Waals surface area contributed by atoms with Crippen LogP contribution in [0.25, 0.3) is 0 Å². The van der Waals surface area contributed by atoms with Crippen LogP contribution in [0.15, 0.2) is 18.5 Å². The van der Waals surface area contributed by atoms with E-state index >= 15 is 0 Å². The summed E-state index contributed by atoms with van der Waals surface area (Å²) in [4.78, 5) is 27.1. The summed E-state index contributed by atoms with van der Waals surface area (Å²) in [5, 5.41) is 8.14. The number of anilines is 1. The van der Waals surface area contributed by atoms with Crippen LogP contribution in [0, 0.1) is 0 Å². The number of hydrogen-bond donors (Lipinski definition) is 3. The number of nitrogens with one attached hydrogen (secondary N) is 3. The molecule has 98 valence electrons. The first-order valence-corrected chi connectivity index (χ1v) is 5.74. The molecule has 0 bridgehead atoms. The minimum atomic E-state index is -0.327. The maximum atomic E-state index is 11.8. The Morgan fingerprint density at radius 1 is 1.39 bits per heavy atom. The summed E-state index contributed by atoms with van der Waals surface area (Å²) >= 11 is 0. The Morgan fingerprint density at radius 3 is 2.72 bits per heavy atom. The first kappa shape index (κ1) is 14.0. The van der Waals surface area contributed by atoms with Crippen molar-refractivity contribution in [2.45, 2.75) is 19.9 Å². The number of carbonyl (C=O) groups excluding carboxylic acids is 2. The predicted molar refractivity (Wildman–Crippen MR) is 69.4 cm³/mol. The van der Waals surface area contributed by atoms with E-state index in [9.17, 15) is 9.59 Å². The van der Waals surface area contributed by atoms with Crippen molar-refractivity contribution in [3.8, 4) is 0 Å². The molecule has 0 saturated carbocycles. The van der Waals surface area contributed by atoms with Gasteiger partial charge in [-0.3, -0.25) is 14.6 Å². The van der Waals surface area contributed by atoms with E-state index in [1.807, 2.05) is 13.8 Å². The van der Waals surface area contributed by atoms with Gasteiger partial charge in [-0.05, 0) is 19.9 Å². The number of nitrogens with zero attached hydrogens (tertiary/aromatic N) is 1. The molecular formula is C12H18N4O2. The zero-order valence-corrected chi connectivity index (χ0v) is 10.8.